The van der Waals surface area contributed by atoms with Gasteiger partial charge >= 0.3 is 0 Å². The van der Waals surface area contributed by atoms with Gasteiger partial charge in [-0.2, -0.15) is 11.8 Å². The highest BCUT2D eigenvalue weighted by atomic mass is 32.2. The van der Waals surface area contributed by atoms with Crippen molar-refractivity contribution in [2.45, 2.75) is 39.3 Å². The molecule has 0 N–H and O–H groups in total. The van der Waals surface area contributed by atoms with Crippen LogP contribution in [-0.4, -0.2) is 48.1 Å². The van der Waals surface area contributed by atoms with E-state index in [4.69, 9.17) is 4.74 Å². The fourth-order valence-electron chi connectivity index (χ4n) is 0.979. The Morgan fingerprint density at radius 3 is 2.40 bits per heavy atom. The van der Waals surface area contributed by atoms with E-state index in [1.54, 1.807) is 16.7 Å². The Balaban J connectivity index is 3.99. The number of rotatable bonds is 5. The van der Waals surface area contributed by atoms with Crippen LogP contribution in [0, 0.1) is 0 Å². The molecule has 0 aromatic heterocycles. The van der Waals surface area contributed by atoms with E-state index in [9.17, 15) is 4.79 Å². The lowest BCUT2D eigenvalue weighted by Gasteiger charge is -2.26. The zero-order valence-corrected chi connectivity index (χ0v) is 11.5. The quantitative estimate of drug-likeness (QED) is 0.727. The molecule has 0 aliphatic heterocycles. The molecule has 0 heterocycles. The maximum atomic E-state index is 11.7. The van der Waals surface area contributed by atoms with Gasteiger partial charge in [-0.25, -0.2) is 0 Å². The summed E-state index contributed by atoms with van der Waals surface area (Å²) in [4.78, 5) is 13.4. The number of hydrogen-bond donors (Lipinski definition) is 0. The van der Waals surface area contributed by atoms with Gasteiger partial charge in [0.15, 0.2) is 0 Å². The van der Waals surface area contributed by atoms with E-state index >= 15 is 0 Å². The van der Waals surface area contributed by atoms with E-state index in [0.717, 1.165) is 5.75 Å². The Bertz CT molecular complexity index is 201. The van der Waals surface area contributed by atoms with Crippen molar-refractivity contribution in [2.75, 3.05) is 25.7 Å². The highest BCUT2D eigenvalue weighted by Gasteiger charge is 2.18. The van der Waals surface area contributed by atoms with Crippen LogP contribution in [0.15, 0.2) is 0 Å². The van der Waals surface area contributed by atoms with Gasteiger partial charge in [-0.3, -0.25) is 4.79 Å². The van der Waals surface area contributed by atoms with Gasteiger partial charge in [0.2, 0.25) is 5.91 Å². The Labute approximate surface area is 97.5 Å². The number of amides is 1. The Kier molecular flexibility index (Phi) is 6.29. The monoisotopic (exact) mass is 233 g/mol. The van der Waals surface area contributed by atoms with Crippen LogP contribution in [0.3, 0.4) is 0 Å². The molecule has 0 aromatic rings. The second-order valence-electron chi connectivity index (χ2n) is 4.71. The second-order valence-corrected chi connectivity index (χ2v) is 5.62. The Morgan fingerprint density at radius 2 is 2.00 bits per heavy atom. The smallest absolute Gasteiger partial charge is 0.248 e. The van der Waals surface area contributed by atoms with Gasteiger partial charge in [0.05, 0.1) is 5.60 Å². The average Bonchev–Trinajstić information content (AvgIpc) is 2.12. The van der Waals surface area contributed by atoms with Crippen LogP contribution in [0.1, 0.15) is 27.7 Å². The molecule has 1 unspecified atom stereocenters. The lowest BCUT2D eigenvalue weighted by atomic mass is 10.2. The van der Waals surface area contributed by atoms with Gasteiger partial charge in [0.1, 0.15) is 6.61 Å². The molecule has 0 saturated heterocycles. The van der Waals surface area contributed by atoms with E-state index < -0.39 is 0 Å². The van der Waals surface area contributed by atoms with Crippen LogP contribution in [-0.2, 0) is 9.53 Å². The second kappa shape index (κ2) is 6.38. The molecule has 0 rings (SSSR count). The van der Waals surface area contributed by atoms with Crippen LogP contribution in [0.2, 0.25) is 0 Å². The minimum atomic E-state index is -0.251. The lowest BCUT2D eigenvalue weighted by Crippen LogP contribution is -2.40. The van der Waals surface area contributed by atoms with Crippen LogP contribution in [0.25, 0.3) is 0 Å². The normalized spacial score (nSPS) is 13.7. The Hall–Kier alpha value is -0.220. The molecular weight excluding hydrogens is 210 g/mol. The minimum absolute atomic E-state index is 0.0477. The maximum absolute atomic E-state index is 11.7. The predicted octanol–water partition coefficient (Wildman–Crippen LogP) is 2.01. The third kappa shape index (κ3) is 6.79. The molecule has 0 aromatic carbocycles. The van der Waals surface area contributed by atoms with Gasteiger partial charge < -0.3 is 9.64 Å². The molecule has 1 atom stereocenters. The molecule has 1 amide bonds. The predicted molar refractivity (Wildman–Crippen MR) is 66.3 cm³/mol. The number of hydrogen-bond acceptors (Lipinski definition) is 3. The van der Waals surface area contributed by atoms with Crippen LogP contribution >= 0.6 is 11.8 Å². The zero-order chi connectivity index (χ0) is 12.1. The molecule has 3 nitrogen and oxygen atoms in total. The first-order valence-corrected chi connectivity index (χ1v) is 6.56. The number of nitrogens with zero attached hydrogens (tertiary/aromatic N) is 1. The van der Waals surface area contributed by atoms with Crippen molar-refractivity contribution >= 4 is 17.7 Å². The molecule has 15 heavy (non-hydrogen) atoms. The first-order chi connectivity index (χ1) is 6.78. The molecule has 0 fully saturated rings. The van der Waals surface area contributed by atoms with Crippen molar-refractivity contribution in [3.63, 3.8) is 0 Å². The van der Waals surface area contributed by atoms with Gasteiger partial charge in [0.25, 0.3) is 0 Å². The molecule has 0 aliphatic carbocycles. The van der Waals surface area contributed by atoms with Gasteiger partial charge in [0, 0.05) is 18.8 Å². The van der Waals surface area contributed by atoms with Crippen molar-refractivity contribution < 1.29 is 9.53 Å². The molecular formula is C11H23NO2S. The molecule has 0 aliphatic rings. The molecule has 0 spiro atoms. The largest absolute Gasteiger partial charge is 0.366 e. The van der Waals surface area contributed by atoms with Crippen LogP contribution in [0.5, 0.6) is 0 Å². The summed E-state index contributed by atoms with van der Waals surface area (Å²) in [7, 11) is 1.83. The third-order valence-electron chi connectivity index (χ3n) is 2.09. The summed E-state index contributed by atoms with van der Waals surface area (Å²) < 4.78 is 5.44. The van der Waals surface area contributed by atoms with Gasteiger partial charge in [-0.05, 0) is 34.0 Å². The number of ether oxygens (including phenoxy) is 1. The summed E-state index contributed by atoms with van der Waals surface area (Å²) in [5, 5.41) is 0. The topological polar surface area (TPSA) is 29.5 Å². The van der Waals surface area contributed by atoms with Crippen LogP contribution in [0.4, 0.5) is 0 Å². The van der Waals surface area contributed by atoms with E-state index in [1.165, 1.54) is 0 Å². The van der Waals surface area contributed by atoms with Crippen molar-refractivity contribution in [2.24, 2.45) is 0 Å². The summed E-state index contributed by atoms with van der Waals surface area (Å²) in [6.45, 7) is 8.06. The van der Waals surface area contributed by atoms with Crippen molar-refractivity contribution in [1.82, 2.24) is 4.90 Å². The van der Waals surface area contributed by atoms with E-state index in [2.05, 4.69) is 0 Å². The van der Waals surface area contributed by atoms with E-state index in [-0.39, 0.29) is 24.2 Å². The van der Waals surface area contributed by atoms with Crippen molar-refractivity contribution in [1.29, 1.82) is 0 Å². The molecule has 0 saturated carbocycles. The molecule has 90 valence electrons. The standard InChI is InChI=1S/C11H23NO2S/c1-9(8-15-6)12(5)10(13)7-14-11(2,3)4/h9H,7-8H2,1-6H3. The highest BCUT2D eigenvalue weighted by Crippen LogP contribution is 2.08. The summed E-state index contributed by atoms with van der Waals surface area (Å²) in [5.74, 6) is 1.00. The first-order valence-electron chi connectivity index (χ1n) is 5.16. The van der Waals surface area contributed by atoms with Gasteiger partial charge in [-0.15, -0.1) is 0 Å². The fourth-order valence-corrected chi connectivity index (χ4v) is 1.68. The van der Waals surface area contributed by atoms with Gasteiger partial charge in [-0.1, -0.05) is 0 Å². The van der Waals surface area contributed by atoms with Crippen molar-refractivity contribution in [3.8, 4) is 0 Å². The summed E-state index contributed by atoms with van der Waals surface area (Å²) in [6.07, 6.45) is 2.04. The van der Waals surface area contributed by atoms with Crippen molar-refractivity contribution in [3.05, 3.63) is 0 Å². The first kappa shape index (κ1) is 14.8. The lowest BCUT2D eigenvalue weighted by molar-refractivity contribution is -0.141. The fraction of sp³-hybridized carbons (Fsp3) is 0.909. The molecule has 0 bridgehead atoms. The summed E-state index contributed by atoms with van der Waals surface area (Å²) >= 11 is 1.74. The Morgan fingerprint density at radius 1 is 1.47 bits per heavy atom. The maximum Gasteiger partial charge on any atom is 0.248 e. The highest BCUT2D eigenvalue weighted by molar-refractivity contribution is 7.98. The zero-order valence-electron chi connectivity index (χ0n) is 10.7. The van der Waals surface area contributed by atoms with E-state index in [1.807, 2.05) is 41.0 Å². The molecule has 0 radical (unpaired) electrons. The number of thioether (sulfide) groups is 1. The third-order valence-corrected chi connectivity index (χ3v) is 2.91. The number of carbonyl (C=O) groups excluding carboxylic acids is 1. The van der Waals surface area contributed by atoms with Crippen LogP contribution < -0.4 is 0 Å². The minimum Gasteiger partial charge on any atom is -0.366 e. The van der Waals surface area contributed by atoms with E-state index in [0.29, 0.717) is 0 Å². The summed E-state index contributed by atoms with van der Waals surface area (Å²) in [5.41, 5.74) is -0.251. The average molecular weight is 233 g/mol. The SMILES string of the molecule is CSCC(C)N(C)C(=O)COC(C)(C)C. The number of carbonyl (C=O) groups is 1. The summed E-state index contributed by atoms with van der Waals surface area (Å²) in [6, 6.07) is 0.260. The molecule has 4 heteroatoms. The number of likely N-dealkylation sites (N-methyl/N-ethyl adjacent to an activating group) is 1.